The number of para-hydroxylation sites is 1. The first-order valence-corrected chi connectivity index (χ1v) is 7.50. The molecule has 0 saturated carbocycles. The number of esters is 1. The number of carbonyl (C=O) groups excluding carboxylic acids is 1. The van der Waals surface area contributed by atoms with Gasteiger partial charge in [-0.2, -0.15) is 13.2 Å². The van der Waals surface area contributed by atoms with E-state index in [4.69, 9.17) is 4.74 Å². The summed E-state index contributed by atoms with van der Waals surface area (Å²) in [5.74, 6) is -0.739. The molecule has 0 radical (unpaired) electrons. The molecule has 0 aliphatic rings. The second-order valence-electron chi connectivity index (χ2n) is 4.45. The third-order valence-electron chi connectivity index (χ3n) is 2.75. The first-order chi connectivity index (χ1) is 10.8. The number of hydrogen-bond donors (Lipinski definition) is 0. The third-order valence-corrected chi connectivity index (χ3v) is 3.75. The van der Waals surface area contributed by atoms with Crippen LogP contribution in [0.25, 0.3) is 0 Å². The summed E-state index contributed by atoms with van der Waals surface area (Å²) in [5, 5.41) is -1.06. The van der Waals surface area contributed by atoms with E-state index >= 15 is 0 Å². The first-order valence-electron chi connectivity index (χ1n) is 6.68. The molecular formula is C15H13F3N2O2S. The Labute approximate surface area is 134 Å². The summed E-state index contributed by atoms with van der Waals surface area (Å²) in [7, 11) is 0. The number of aromatic nitrogens is 1. The molecular weight excluding hydrogens is 329 g/mol. The largest absolute Gasteiger partial charge is 0.462 e. The van der Waals surface area contributed by atoms with Crippen molar-refractivity contribution < 1.29 is 22.7 Å². The standard InChI is InChI=1S/C15H13F3N2O2S/c1-3-22-13(21)11-9(2)19-14(15(16,17)18)23-12(11)20-10-7-5-4-6-8-10/h4-8H,3H2,1-2H3. The molecule has 23 heavy (non-hydrogen) atoms. The van der Waals surface area contributed by atoms with Crippen LogP contribution >= 0.6 is 11.3 Å². The number of hydrogen-bond acceptors (Lipinski definition) is 5. The van der Waals surface area contributed by atoms with Crippen LogP contribution in [0.15, 0.2) is 35.3 Å². The maximum Gasteiger partial charge on any atom is 0.443 e. The van der Waals surface area contributed by atoms with Crippen LogP contribution < -0.4 is 4.67 Å². The van der Waals surface area contributed by atoms with Gasteiger partial charge in [0.2, 0.25) is 0 Å². The van der Waals surface area contributed by atoms with Crippen molar-refractivity contribution in [3.05, 3.63) is 51.3 Å². The highest BCUT2D eigenvalue weighted by molar-refractivity contribution is 7.09. The lowest BCUT2D eigenvalue weighted by Crippen LogP contribution is -2.22. The lowest BCUT2D eigenvalue weighted by Gasteiger charge is -2.09. The lowest BCUT2D eigenvalue weighted by molar-refractivity contribution is -0.137. The fraction of sp³-hybridized carbons (Fsp3) is 0.267. The van der Waals surface area contributed by atoms with Gasteiger partial charge in [0.1, 0.15) is 10.2 Å². The van der Waals surface area contributed by atoms with Crippen LogP contribution in [0.5, 0.6) is 0 Å². The summed E-state index contributed by atoms with van der Waals surface area (Å²) in [6.45, 7) is 3.05. The fourth-order valence-electron chi connectivity index (χ4n) is 1.79. The summed E-state index contributed by atoms with van der Waals surface area (Å²) < 4.78 is 43.7. The summed E-state index contributed by atoms with van der Waals surface area (Å²) in [5.41, 5.74) is 0.325. The molecule has 0 N–H and O–H groups in total. The SMILES string of the molecule is CCOC(=O)c1c(C)nc(C(F)(F)F)sc1=Nc1ccccc1. The van der Waals surface area contributed by atoms with E-state index in [2.05, 4.69) is 9.98 Å². The van der Waals surface area contributed by atoms with Gasteiger partial charge in [0.25, 0.3) is 0 Å². The lowest BCUT2D eigenvalue weighted by atomic mass is 10.2. The van der Waals surface area contributed by atoms with Crippen molar-refractivity contribution in [1.82, 2.24) is 4.98 Å². The van der Waals surface area contributed by atoms with Gasteiger partial charge in [0.15, 0.2) is 5.01 Å². The second kappa shape index (κ2) is 6.91. The Morgan fingerprint density at radius 3 is 2.52 bits per heavy atom. The Hall–Kier alpha value is -2.22. The molecule has 0 bridgehead atoms. The minimum Gasteiger partial charge on any atom is -0.462 e. The molecule has 0 saturated heterocycles. The Kier molecular flexibility index (Phi) is 5.15. The summed E-state index contributed by atoms with van der Waals surface area (Å²) in [6.07, 6.45) is -4.61. The van der Waals surface area contributed by atoms with Gasteiger partial charge >= 0.3 is 12.1 Å². The van der Waals surface area contributed by atoms with Crippen LogP contribution in [-0.4, -0.2) is 17.6 Å². The summed E-state index contributed by atoms with van der Waals surface area (Å²) in [4.78, 5) is 19.7. The van der Waals surface area contributed by atoms with Gasteiger partial charge < -0.3 is 4.74 Å². The second-order valence-corrected chi connectivity index (χ2v) is 5.43. The zero-order chi connectivity index (χ0) is 17.0. The van der Waals surface area contributed by atoms with E-state index in [1.807, 2.05) is 0 Å². The average Bonchev–Trinajstić information content (AvgIpc) is 2.47. The van der Waals surface area contributed by atoms with Gasteiger partial charge in [0.05, 0.1) is 18.0 Å². The van der Waals surface area contributed by atoms with E-state index in [9.17, 15) is 18.0 Å². The van der Waals surface area contributed by atoms with Gasteiger partial charge in [-0.15, -0.1) is 0 Å². The molecule has 0 amide bonds. The number of alkyl halides is 3. The normalized spacial score (nSPS) is 12.3. The topological polar surface area (TPSA) is 51.5 Å². The van der Waals surface area contributed by atoms with Crippen molar-refractivity contribution in [2.45, 2.75) is 20.0 Å². The minimum absolute atomic E-state index is 0.0475. The molecule has 0 spiro atoms. The average molecular weight is 342 g/mol. The van der Waals surface area contributed by atoms with Gasteiger partial charge in [0, 0.05) is 0 Å². The van der Waals surface area contributed by atoms with E-state index in [0.29, 0.717) is 17.0 Å². The molecule has 0 aliphatic carbocycles. The number of aryl methyl sites for hydroxylation is 1. The van der Waals surface area contributed by atoms with Crippen molar-refractivity contribution >= 4 is 23.0 Å². The predicted molar refractivity (Wildman–Crippen MR) is 79.5 cm³/mol. The Morgan fingerprint density at radius 1 is 1.30 bits per heavy atom. The highest BCUT2D eigenvalue weighted by Crippen LogP contribution is 2.30. The van der Waals surface area contributed by atoms with Crippen molar-refractivity contribution in [3.63, 3.8) is 0 Å². The zero-order valence-electron chi connectivity index (χ0n) is 12.3. The number of halogens is 3. The fourth-order valence-corrected chi connectivity index (χ4v) is 2.75. The molecule has 2 aromatic rings. The van der Waals surface area contributed by atoms with Crippen LogP contribution in [0.3, 0.4) is 0 Å². The number of ether oxygens (including phenoxy) is 1. The van der Waals surface area contributed by atoms with E-state index in [1.165, 1.54) is 6.92 Å². The van der Waals surface area contributed by atoms with Crippen molar-refractivity contribution in [1.29, 1.82) is 0 Å². The molecule has 122 valence electrons. The van der Waals surface area contributed by atoms with Crippen molar-refractivity contribution in [3.8, 4) is 0 Å². The number of rotatable bonds is 3. The molecule has 2 rings (SSSR count). The molecule has 4 nitrogen and oxygen atoms in total. The van der Waals surface area contributed by atoms with Gasteiger partial charge in [-0.1, -0.05) is 29.5 Å². The van der Waals surface area contributed by atoms with Gasteiger partial charge in [-0.05, 0) is 26.0 Å². The van der Waals surface area contributed by atoms with Crippen LogP contribution in [0, 0.1) is 6.92 Å². The minimum atomic E-state index is -4.61. The molecule has 0 unspecified atom stereocenters. The van der Waals surface area contributed by atoms with Crippen LogP contribution in [0.2, 0.25) is 0 Å². The number of nitrogens with zero attached hydrogens (tertiary/aromatic N) is 2. The van der Waals surface area contributed by atoms with Gasteiger partial charge in [-0.3, -0.25) is 0 Å². The van der Waals surface area contributed by atoms with E-state index in [-0.39, 0.29) is 22.5 Å². The molecule has 1 aromatic carbocycles. The zero-order valence-corrected chi connectivity index (χ0v) is 13.2. The van der Waals surface area contributed by atoms with Crippen LogP contribution in [0.1, 0.15) is 28.0 Å². The smallest absolute Gasteiger partial charge is 0.443 e. The maximum atomic E-state index is 13.0. The summed E-state index contributed by atoms with van der Waals surface area (Å²) in [6, 6.07) is 8.42. The van der Waals surface area contributed by atoms with Crippen molar-refractivity contribution in [2.75, 3.05) is 6.61 Å². The molecule has 0 atom stereocenters. The van der Waals surface area contributed by atoms with E-state index in [1.54, 1.807) is 37.3 Å². The molecule has 8 heteroatoms. The van der Waals surface area contributed by atoms with Crippen LogP contribution in [-0.2, 0) is 10.9 Å². The predicted octanol–water partition coefficient (Wildman–Crippen LogP) is 3.88. The number of benzene rings is 1. The third kappa shape index (κ3) is 4.16. The molecule has 1 aromatic heterocycles. The van der Waals surface area contributed by atoms with E-state index < -0.39 is 17.2 Å². The number of carbonyl (C=O) groups is 1. The Bertz CT molecular complexity index is 771. The Morgan fingerprint density at radius 2 is 1.96 bits per heavy atom. The summed E-state index contributed by atoms with van der Waals surface area (Å²) >= 11 is 0.316. The van der Waals surface area contributed by atoms with Crippen LogP contribution in [0.4, 0.5) is 18.9 Å². The highest BCUT2D eigenvalue weighted by Gasteiger charge is 2.35. The van der Waals surface area contributed by atoms with Gasteiger partial charge in [-0.25, -0.2) is 14.8 Å². The Balaban J connectivity index is 2.71. The monoisotopic (exact) mass is 342 g/mol. The van der Waals surface area contributed by atoms with E-state index in [0.717, 1.165) is 0 Å². The molecule has 1 heterocycles. The van der Waals surface area contributed by atoms with Crippen molar-refractivity contribution in [2.24, 2.45) is 4.99 Å². The molecule has 0 aliphatic heterocycles. The molecule has 0 fully saturated rings. The quantitative estimate of drug-likeness (QED) is 0.796. The highest BCUT2D eigenvalue weighted by atomic mass is 32.1. The maximum absolute atomic E-state index is 13.0. The first kappa shape index (κ1) is 17.1.